The fourth-order valence-electron chi connectivity index (χ4n) is 4.69. The van der Waals surface area contributed by atoms with Gasteiger partial charge in [0.2, 0.25) is 5.91 Å². The van der Waals surface area contributed by atoms with Crippen LogP contribution in [-0.2, 0) is 4.79 Å². The molecule has 0 radical (unpaired) electrons. The minimum atomic E-state index is 0.000859. The molecule has 8 heteroatoms. The molecule has 33 heavy (non-hydrogen) atoms. The zero-order valence-corrected chi connectivity index (χ0v) is 20.2. The standard InChI is InChI=1S/C25H29Cl2N3O3/c1-33-21-5-3-19(4-6-21)28-24(31)17-8-12-29(13-9-17)20-10-14-30(15-11-20)25(32)18-2-7-22(26)23(27)16-18/h2-7,16-17,20H,8-15H2,1H3,(H,28,31). The van der Waals surface area contributed by atoms with Crippen LogP contribution in [0.4, 0.5) is 5.69 Å². The molecular weight excluding hydrogens is 461 g/mol. The fraction of sp³-hybridized carbons (Fsp3) is 0.440. The molecule has 0 unspecified atom stereocenters. The lowest BCUT2D eigenvalue weighted by atomic mass is 9.92. The average Bonchev–Trinajstić information content (AvgIpc) is 2.86. The van der Waals surface area contributed by atoms with Crippen molar-refractivity contribution < 1.29 is 14.3 Å². The third-order valence-corrected chi connectivity index (χ3v) is 7.43. The lowest BCUT2D eigenvalue weighted by Gasteiger charge is -2.41. The number of carbonyl (C=O) groups is 2. The van der Waals surface area contributed by atoms with E-state index in [4.69, 9.17) is 27.9 Å². The normalized spacial score (nSPS) is 18.2. The highest BCUT2D eigenvalue weighted by atomic mass is 35.5. The van der Waals surface area contributed by atoms with E-state index in [1.165, 1.54) is 0 Å². The number of rotatable bonds is 5. The molecule has 1 N–H and O–H groups in total. The van der Waals surface area contributed by atoms with Gasteiger partial charge in [-0.1, -0.05) is 23.2 Å². The smallest absolute Gasteiger partial charge is 0.253 e. The van der Waals surface area contributed by atoms with E-state index in [-0.39, 0.29) is 17.7 Å². The van der Waals surface area contributed by atoms with Crippen LogP contribution in [0.2, 0.25) is 10.0 Å². The molecule has 0 saturated carbocycles. The maximum Gasteiger partial charge on any atom is 0.253 e. The number of hydrogen-bond donors (Lipinski definition) is 1. The topological polar surface area (TPSA) is 61.9 Å². The predicted molar refractivity (Wildman–Crippen MR) is 131 cm³/mol. The summed E-state index contributed by atoms with van der Waals surface area (Å²) in [6, 6.07) is 12.9. The van der Waals surface area contributed by atoms with Gasteiger partial charge in [-0.15, -0.1) is 0 Å². The van der Waals surface area contributed by atoms with Gasteiger partial charge >= 0.3 is 0 Å². The summed E-state index contributed by atoms with van der Waals surface area (Å²) in [6.07, 6.45) is 3.58. The molecule has 6 nitrogen and oxygen atoms in total. The second-order valence-corrected chi connectivity index (χ2v) is 9.49. The number of carbonyl (C=O) groups excluding carboxylic acids is 2. The molecular formula is C25H29Cl2N3O3. The third kappa shape index (κ3) is 5.81. The molecule has 2 fully saturated rings. The van der Waals surface area contributed by atoms with Crippen molar-refractivity contribution in [1.82, 2.24) is 9.80 Å². The molecule has 0 atom stereocenters. The van der Waals surface area contributed by atoms with Crippen molar-refractivity contribution in [3.05, 3.63) is 58.1 Å². The number of amides is 2. The lowest BCUT2D eigenvalue weighted by Crippen LogP contribution is -2.49. The van der Waals surface area contributed by atoms with Crippen molar-refractivity contribution in [3.8, 4) is 5.75 Å². The average molecular weight is 490 g/mol. The molecule has 2 saturated heterocycles. The van der Waals surface area contributed by atoms with Gasteiger partial charge in [0, 0.05) is 36.3 Å². The highest BCUT2D eigenvalue weighted by molar-refractivity contribution is 6.42. The molecule has 176 valence electrons. The van der Waals surface area contributed by atoms with Gasteiger partial charge in [-0.05, 0) is 81.2 Å². The van der Waals surface area contributed by atoms with Crippen LogP contribution < -0.4 is 10.1 Å². The van der Waals surface area contributed by atoms with Crippen molar-refractivity contribution in [2.45, 2.75) is 31.7 Å². The summed E-state index contributed by atoms with van der Waals surface area (Å²) in [5, 5.41) is 3.87. The van der Waals surface area contributed by atoms with Crippen molar-refractivity contribution in [2.24, 2.45) is 5.92 Å². The molecule has 2 aromatic rings. The van der Waals surface area contributed by atoms with E-state index in [1.54, 1.807) is 25.3 Å². The summed E-state index contributed by atoms with van der Waals surface area (Å²) in [5.74, 6) is 0.883. The van der Waals surface area contributed by atoms with Gasteiger partial charge in [0.25, 0.3) is 5.91 Å². The minimum absolute atomic E-state index is 0.000859. The van der Waals surface area contributed by atoms with Crippen LogP contribution in [-0.4, -0.2) is 60.9 Å². The largest absolute Gasteiger partial charge is 0.497 e. The predicted octanol–water partition coefficient (Wildman–Crippen LogP) is 4.96. The maximum atomic E-state index is 12.8. The minimum Gasteiger partial charge on any atom is -0.497 e. The summed E-state index contributed by atoms with van der Waals surface area (Å²) in [7, 11) is 1.62. The van der Waals surface area contributed by atoms with Gasteiger partial charge in [0.1, 0.15) is 5.75 Å². The molecule has 0 bridgehead atoms. The van der Waals surface area contributed by atoms with E-state index in [1.807, 2.05) is 29.2 Å². The molecule has 2 heterocycles. The van der Waals surface area contributed by atoms with Gasteiger partial charge in [-0.3, -0.25) is 9.59 Å². The summed E-state index contributed by atoms with van der Waals surface area (Å²) >= 11 is 12.0. The van der Waals surface area contributed by atoms with Crippen molar-refractivity contribution >= 4 is 40.7 Å². The van der Waals surface area contributed by atoms with Gasteiger partial charge < -0.3 is 19.9 Å². The Balaban J connectivity index is 1.23. The number of nitrogens with one attached hydrogen (secondary N) is 1. The molecule has 2 amide bonds. The molecule has 0 aromatic heterocycles. The van der Waals surface area contributed by atoms with Crippen LogP contribution in [0, 0.1) is 5.92 Å². The Morgan fingerprint density at radius 1 is 0.909 bits per heavy atom. The molecule has 2 aliphatic rings. The number of benzene rings is 2. The highest BCUT2D eigenvalue weighted by Gasteiger charge is 2.32. The SMILES string of the molecule is COc1ccc(NC(=O)C2CCN(C3CCN(C(=O)c4ccc(Cl)c(Cl)c4)CC3)CC2)cc1. The van der Waals surface area contributed by atoms with E-state index >= 15 is 0 Å². The van der Waals surface area contributed by atoms with Crippen molar-refractivity contribution in [3.63, 3.8) is 0 Å². The van der Waals surface area contributed by atoms with Crippen LogP contribution in [0.25, 0.3) is 0 Å². The van der Waals surface area contributed by atoms with E-state index in [9.17, 15) is 9.59 Å². The van der Waals surface area contributed by atoms with E-state index in [0.29, 0.717) is 21.7 Å². The number of piperidine rings is 2. The second-order valence-electron chi connectivity index (χ2n) is 8.68. The molecule has 0 aliphatic carbocycles. The van der Waals surface area contributed by atoms with Crippen molar-refractivity contribution in [1.29, 1.82) is 0 Å². The Kier molecular flexibility index (Phi) is 7.78. The lowest BCUT2D eigenvalue weighted by molar-refractivity contribution is -0.121. The van der Waals surface area contributed by atoms with E-state index in [0.717, 1.165) is 63.3 Å². The zero-order chi connectivity index (χ0) is 23.4. The van der Waals surface area contributed by atoms with Gasteiger partial charge in [-0.2, -0.15) is 0 Å². The summed E-state index contributed by atoms with van der Waals surface area (Å²) < 4.78 is 5.16. The number of likely N-dealkylation sites (tertiary alicyclic amines) is 2. The first-order chi connectivity index (χ1) is 15.9. The Labute approximate surface area is 204 Å². The summed E-state index contributed by atoms with van der Waals surface area (Å²) in [6.45, 7) is 3.27. The summed E-state index contributed by atoms with van der Waals surface area (Å²) in [4.78, 5) is 29.9. The van der Waals surface area contributed by atoms with Crippen LogP contribution in [0.3, 0.4) is 0 Å². The number of hydrogen-bond acceptors (Lipinski definition) is 4. The number of ether oxygens (including phenoxy) is 1. The Bertz CT molecular complexity index is 983. The molecule has 4 rings (SSSR count). The fourth-order valence-corrected chi connectivity index (χ4v) is 4.99. The number of anilines is 1. The van der Waals surface area contributed by atoms with Crippen LogP contribution >= 0.6 is 23.2 Å². The maximum absolute atomic E-state index is 12.8. The van der Waals surface area contributed by atoms with Crippen LogP contribution in [0.1, 0.15) is 36.0 Å². The highest BCUT2D eigenvalue weighted by Crippen LogP contribution is 2.27. The van der Waals surface area contributed by atoms with Gasteiger partial charge in [-0.25, -0.2) is 0 Å². The van der Waals surface area contributed by atoms with E-state index < -0.39 is 0 Å². The molecule has 0 spiro atoms. The zero-order valence-electron chi connectivity index (χ0n) is 18.7. The third-order valence-electron chi connectivity index (χ3n) is 6.69. The molecule has 2 aromatic carbocycles. The monoisotopic (exact) mass is 489 g/mol. The Morgan fingerprint density at radius 2 is 1.58 bits per heavy atom. The first-order valence-corrected chi connectivity index (χ1v) is 12.1. The van der Waals surface area contributed by atoms with Gasteiger partial charge in [0.15, 0.2) is 0 Å². The van der Waals surface area contributed by atoms with Crippen molar-refractivity contribution in [2.75, 3.05) is 38.6 Å². The Hall–Kier alpha value is -2.28. The Morgan fingerprint density at radius 3 is 2.18 bits per heavy atom. The summed E-state index contributed by atoms with van der Waals surface area (Å²) in [5.41, 5.74) is 1.37. The first-order valence-electron chi connectivity index (χ1n) is 11.4. The first kappa shape index (κ1) is 23.9. The number of nitrogens with zero attached hydrogens (tertiary/aromatic N) is 2. The number of halogens is 2. The van der Waals surface area contributed by atoms with Crippen LogP contribution in [0.5, 0.6) is 5.75 Å². The molecule has 2 aliphatic heterocycles. The van der Waals surface area contributed by atoms with Gasteiger partial charge in [0.05, 0.1) is 17.2 Å². The van der Waals surface area contributed by atoms with E-state index in [2.05, 4.69) is 10.2 Å². The quantitative estimate of drug-likeness (QED) is 0.644. The second kappa shape index (κ2) is 10.8. The van der Waals surface area contributed by atoms with Crippen LogP contribution in [0.15, 0.2) is 42.5 Å². The number of methoxy groups -OCH3 is 1.